The molecule has 0 fully saturated rings. The third kappa shape index (κ3) is 3.30. The summed E-state index contributed by atoms with van der Waals surface area (Å²) >= 11 is 0. The van der Waals surface area contributed by atoms with Crippen molar-refractivity contribution in [1.29, 1.82) is 0 Å². The summed E-state index contributed by atoms with van der Waals surface area (Å²) < 4.78 is 15.3. The highest BCUT2D eigenvalue weighted by atomic mass is 31.2. The first-order valence-electron chi connectivity index (χ1n) is 10.8. The highest BCUT2D eigenvalue weighted by molar-refractivity contribution is 7.86. The molecular formula is C29H25OP. The van der Waals surface area contributed by atoms with Crippen molar-refractivity contribution in [2.24, 2.45) is 0 Å². The van der Waals surface area contributed by atoms with Crippen LogP contribution >= 0.6 is 7.14 Å². The summed E-state index contributed by atoms with van der Waals surface area (Å²) in [7, 11) is -3.12. The van der Waals surface area contributed by atoms with Crippen molar-refractivity contribution in [3.8, 4) is 0 Å². The Morgan fingerprint density at radius 2 is 1.00 bits per heavy atom. The molecule has 0 radical (unpaired) electrons. The third-order valence-corrected chi connectivity index (χ3v) is 9.30. The molecule has 0 saturated heterocycles. The summed E-state index contributed by atoms with van der Waals surface area (Å²) in [4.78, 5) is 0. The standard InChI is InChI=1S/C29H25OP/c1-21(2)22-17-19-25(20-18-22)31(30,28-15-7-11-23-9-3-5-13-26(23)28)29-16-8-12-24-10-4-6-14-27(24)29/h3-21H,1-2H3. The maximum absolute atomic E-state index is 15.3. The van der Waals surface area contributed by atoms with Gasteiger partial charge in [-0.3, -0.25) is 0 Å². The monoisotopic (exact) mass is 420 g/mol. The molecule has 0 N–H and O–H groups in total. The molecule has 5 aromatic carbocycles. The van der Waals surface area contributed by atoms with Crippen molar-refractivity contribution in [2.45, 2.75) is 19.8 Å². The zero-order valence-corrected chi connectivity index (χ0v) is 18.7. The third-order valence-electron chi connectivity index (χ3n) is 6.14. The first-order chi connectivity index (χ1) is 15.1. The van der Waals surface area contributed by atoms with E-state index in [9.17, 15) is 0 Å². The predicted octanol–water partition coefficient (Wildman–Crippen LogP) is 6.76. The Hall–Kier alpha value is -3.15. The molecule has 0 aliphatic heterocycles. The molecule has 0 atom stereocenters. The lowest BCUT2D eigenvalue weighted by Crippen LogP contribution is -2.26. The fourth-order valence-corrected chi connectivity index (χ4v) is 7.51. The van der Waals surface area contributed by atoms with Crippen LogP contribution in [0.25, 0.3) is 21.5 Å². The van der Waals surface area contributed by atoms with Crippen molar-refractivity contribution in [3.05, 3.63) is 115 Å². The van der Waals surface area contributed by atoms with Crippen molar-refractivity contribution in [2.75, 3.05) is 0 Å². The van der Waals surface area contributed by atoms with Crippen LogP contribution in [0.3, 0.4) is 0 Å². The Morgan fingerprint density at radius 1 is 0.548 bits per heavy atom. The Kier molecular flexibility index (Phi) is 5.00. The number of hydrogen-bond acceptors (Lipinski definition) is 1. The van der Waals surface area contributed by atoms with Crippen LogP contribution in [0.15, 0.2) is 109 Å². The second-order valence-corrected chi connectivity index (χ2v) is 11.1. The van der Waals surface area contributed by atoms with E-state index in [0.29, 0.717) is 5.92 Å². The Balaban J connectivity index is 1.88. The smallest absolute Gasteiger partial charge is 0.172 e. The lowest BCUT2D eigenvalue weighted by atomic mass is 10.0. The van der Waals surface area contributed by atoms with Crippen molar-refractivity contribution >= 4 is 44.6 Å². The molecule has 0 heterocycles. The van der Waals surface area contributed by atoms with E-state index in [2.05, 4.69) is 74.5 Å². The molecule has 31 heavy (non-hydrogen) atoms. The van der Waals surface area contributed by atoms with Crippen LogP contribution in [-0.4, -0.2) is 0 Å². The van der Waals surface area contributed by atoms with Gasteiger partial charge in [0.1, 0.15) is 0 Å². The van der Waals surface area contributed by atoms with Crippen LogP contribution in [0.4, 0.5) is 0 Å². The van der Waals surface area contributed by atoms with Gasteiger partial charge in [-0.15, -0.1) is 0 Å². The van der Waals surface area contributed by atoms with Crippen LogP contribution in [0.1, 0.15) is 25.3 Å². The van der Waals surface area contributed by atoms with Crippen molar-refractivity contribution in [3.63, 3.8) is 0 Å². The van der Waals surface area contributed by atoms with E-state index < -0.39 is 7.14 Å². The molecule has 0 saturated carbocycles. The Labute approximate surface area is 183 Å². The van der Waals surface area contributed by atoms with Gasteiger partial charge in [-0.25, -0.2) is 0 Å². The van der Waals surface area contributed by atoms with Crippen LogP contribution in [0.2, 0.25) is 0 Å². The highest BCUT2D eigenvalue weighted by Crippen LogP contribution is 2.46. The van der Waals surface area contributed by atoms with Crippen LogP contribution in [0.5, 0.6) is 0 Å². The highest BCUT2D eigenvalue weighted by Gasteiger charge is 2.32. The largest absolute Gasteiger partial charge is 0.309 e. The maximum atomic E-state index is 15.3. The lowest BCUT2D eigenvalue weighted by Gasteiger charge is -2.23. The fourth-order valence-electron chi connectivity index (χ4n) is 4.44. The fraction of sp³-hybridized carbons (Fsp3) is 0.103. The number of fused-ring (bicyclic) bond motifs is 2. The van der Waals surface area contributed by atoms with Gasteiger partial charge in [0.25, 0.3) is 0 Å². The van der Waals surface area contributed by atoms with Gasteiger partial charge < -0.3 is 4.57 Å². The molecule has 0 unspecified atom stereocenters. The minimum Gasteiger partial charge on any atom is -0.309 e. The lowest BCUT2D eigenvalue weighted by molar-refractivity contribution is 0.593. The SMILES string of the molecule is CC(C)c1ccc(P(=O)(c2cccc3ccccc23)c2cccc3ccccc23)cc1. The summed E-state index contributed by atoms with van der Waals surface area (Å²) in [6.07, 6.45) is 0. The molecule has 0 bridgehead atoms. The molecular weight excluding hydrogens is 395 g/mol. The molecule has 5 aromatic rings. The van der Waals surface area contributed by atoms with Gasteiger partial charge in [0.2, 0.25) is 0 Å². The first kappa shape index (κ1) is 19.8. The van der Waals surface area contributed by atoms with E-state index >= 15 is 4.57 Å². The topological polar surface area (TPSA) is 17.1 Å². The first-order valence-corrected chi connectivity index (χ1v) is 12.5. The van der Waals surface area contributed by atoms with Crippen LogP contribution in [0, 0.1) is 0 Å². The van der Waals surface area contributed by atoms with Crippen LogP contribution < -0.4 is 15.9 Å². The molecule has 5 rings (SSSR count). The second-order valence-electron chi connectivity index (χ2n) is 8.35. The van der Waals surface area contributed by atoms with E-state index in [-0.39, 0.29) is 0 Å². The minimum absolute atomic E-state index is 0.434. The average Bonchev–Trinajstić information content (AvgIpc) is 2.83. The van der Waals surface area contributed by atoms with E-state index in [1.807, 2.05) is 48.5 Å². The van der Waals surface area contributed by atoms with Gasteiger partial charge in [-0.1, -0.05) is 123 Å². The van der Waals surface area contributed by atoms with E-state index in [1.165, 1.54) is 5.56 Å². The van der Waals surface area contributed by atoms with Gasteiger partial charge in [-0.2, -0.15) is 0 Å². The summed E-state index contributed by atoms with van der Waals surface area (Å²) in [5.41, 5.74) is 1.26. The van der Waals surface area contributed by atoms with Gasteiger partial charge in [0, 0.05) is 15.9 Å². The Bertz CT molecular complexity index is 1340. The van der Waals surface area contributed by atoms with Crippen molar-refractivity contribution < 1.29 is 4.57 Å². The predicted molar refractivity (Wildman–Crippen MR) is 135 cm³/mol. The summed E-state index contributed by atoms with van der Waals surface area (Å²) in [6, 6.07) is 37.2. The minimum atomic E-state index is -3.12. The summed E-state index contributed by atoms with van der Waals surface area (Å²) in [6.45, 7) is 4.37. The molecule has 0 aliphatic carbocycles. The Morgan fingerprint density at radius 3 is 1.48 bits per heavy atom. The van der Waals surface area contributed by atoms with E-state index in [1.54, 1.807) is 0 Å². The number of rotatable bonds is 4. The molecule has 0 aliphatic rings. The number of hydrogen-bond donors (Lipinski definition) is 0. The second kappa shape index (κ2) is 7.84. The molecule has 2 heteroatoms. The molecule has 0 spiro atoms. The maximum Gasteiger partial charge on any atom is 0.172 e. The zero-order valence-electron chi connectivity index (χ0n) is 17.8. The van der Waals surface area contributed by atoms with Crippen molar-refractivity contribution in [1.82, 2.24) is 0 Å². The normalized spacial score (nSPS) is 12.0. The van der Waals surface area contributed by atoms with E-state index in [0.717, 1.165) is 37.5 Å². The average molecular weight is 420 g/mol. The quantitative estimate of drug-likeness (QED) is 0.294. The zero-order chi connectivity index (χ0) is 21.4. The van der Waals surface area contributed by atoms with Gasteiger partial charge in [0.05, 0.1) is 0 Å². The molecule has 1 nitrogen and oxygen atoms in total. The summed E-state index contributed by atoms with van der Waals surface area (Å²) in [5.74, 6) is 0.434. The summed E-state index contributed by atoms with van der Waals surface area (Å²) in [5, 5.41) is 7.00. The molecule has 0 aromatic heterocycles. The van der Waals surface area contributed by atoms with Gasteiger partial charge in [-0.05, 0) is 33.0 Å². The number of benzene rings is 5. The van der Waals surface area contributed by atoms with Gasteiger partial charge in [0.15, 0.2) is 7.14 Å². The van der Waals surface area contributed by atoms with Gasteiger partial charge >= 0.3 is 0 Å². The van der Waals surface area contributed by atoms with E-state index in [4.69, 9.17) is 0 Å². The van der Waals surface area contributed by atoms with Crippen LogP contribution in [-0.2, 0) is 4.57 Å². The molecule has 152 valence electrons. The molecule has 0 amide bonds.